The lowest BCUT2D eigenvalue weighted by atomic mass is 10.2. The molecular weight excluding hydrogens is 188 g/mol. The first-order valence-electron chi connectivity index (χ1n) is 3.88. The number of methoxy groups -OCH3 is 1. The molecule has 78 valence electrons. The highest BCUT2D eigenvalue weighted by atomic mass is 16.5. The molecule has 5 nitrogen and oxygen atoms in total. The third-order valence-corrected chi connectivity index (χ3v) is 1.28. The van der Waals surface area contributed by atoms with Crippen LogP contribution in [-0.4, -0.2) is 31.4 Å². The smallest absolute Gasteiger partial charge is 0.334 e. The van der Waals surface area contributed by atoms with Crippen LogP contribution >= 0.6 is 0 Å². The van der Waals surface area contributed by atoms with Gasteiger partial charge in [0.15, 0.2) is 5.78 Å². The van der Waals surface area contributed by atoms with Gasteiger partial charge in [0.05, 0.1) is 13.5 Å². The molecule has 0 amide bonds. The molecule has 0 aromatic heterocycles. The van der Waals surface area contributed by atoms with Gasteiger partial charge in [0.2, 0.25) is 0 Å². The minimum atomic E-state index is -0.759. The predicted octanol–water partition coefficient (Wildman–Crippen LogP) is 0.238. The van der Waals surface area contributed by atoms with Crippen LogP contribution in [0.25, 0.3) is 0 Å². The third-order valence-electron chi connectivity index (χ3n) is 1.28. The van der Waals surface area contributed by atoms with E-state index < -0.39 is 11.9 Å². The summed E-state index contributed by atoms with van der Waals surface area (Å²) < 4.78 is 8.84. The Bertz CT molecular complexity index is 266. The molecule has 0 bridgehead atoms. The van der Waals surface area contributed by atoms with Crippen molar-refractivity contribution in [3.05, 3.63) is 12.2 Å². The fourth-order valence-corrected chi connectivity index (χ4v) is 0.588. The van der Waals surface area contributed by atoms with E-state index in [-0.39, 0.29) is 24.4 Å². The van der Waals surface area contributed by atoms with Crippen molar-refractivity contribution in [3.8, 4) is 0 Å². The number of ketones is 1. The first kappa shape index (κ1) is 12.3. The number of hydrogen-bond donors (Lipinski definition) is 0. The Kier molecular flexibility index (Phi) is 5.21. The van der Waals surface area contributed by atoms with Crippen LogP contribution in [0.4, 0.5) is 0 Å². The van der Waals surface area contributed by atoms with E-state index >= 15 is 0 Å². The lowest BCUT2D eigenvalue weighted by Crippen LogP contribution is -2.15. The van der Waals surface area contributed by atoms with Crippen LogP contribution in [0.5, 0.6) is 0 Å². The summed E-state index contributed by atoms with van der Waals surface area (Å²) in [4.78, 5) is 32.2. The minimum Gasteiger partial charge on any atom is -0.469 e. The maximum Gasteiger partial charge on any atom is 0.334 e. The van der Waals surface area contributed by atoms with E-state index in [2.05, 4.69) is 16.1 Å². The average molecular weight is 200 g/mol. The second-order valence-electron chi connectivity index (χ2n) is 2.63. The molecule has 5 heteroatoms. The summed E-state index contributed by atoms with van der Waals surface area (Å²) in [6, 6.07) is 0. The van der Waals surface area contributed by atoms with Gasteiger partial charge in [0.25, 0.3) is 0 Å². The van der Waals surface area contributed by atoms with Crippen LogP contribution < -0.4 is 0 Å². The molecule has 0 N–H and O–H groups in total. The lowest BCUT2D eigenvalue weighted by molar-refractivity contribution is -0.146. The standard InChI is InChI=1S/C9H12O5/c1-6(4-8(11)13-3)9(12)14-5-7(2)10/h1,4-5H2,2-3H3. The first-order chi connectivity index (χ1) is 6.47. The van der Waals surface area contributed by atoms with E-state index in [1.165, 1.54) is 14.0 Å². The van der Waals surface area contributed by atoms with Gasteiger partial charge in [-0.3, -0.25) is 9.59 Å². The van der Waals surface area contributed by atoms with Crippen molar-refractivity contribution in [1.29, 1.82) is 0 Å². The van der Waals surface area contributed by atoms with Crippen molar-refractivity contribution in [3.63, 3.8) is 0 Å². The maximum atomic E-state index is 11.0. The van der Waals surface area contributed by atoms with Crippen molar-refractivity contribution in [2.24, 2.45) is 0 Å². The van der Waals surface area contributed by atoms with Gasteiger partial charge in [-0.1, -0.05) is 6.58 Å². The maximum absolute atomic E-state index is 11.0. The summed E-state index contributed by atoms with van der Waals surface area (Å²) in [6.07, 6.45) is -0.229. The Morgan fingerprint density at radius 1 is 1.29 bits per heavy atom. The van der Waals surface area contributed by atoms with E-state index in [0.717, 1.165) is 0 Å². The van der Waals surface area contributed by atoms with Crippen LogP contribution in [-0.2, 0) is 23.9 Å². The molecule has 0 spiro atoms. The molecular formula is C9H12O5. The third kappa shape index (κ3) is 5.08. The van der Waals surface area contributed by atoms with Crippen LogP contribution in [0, 0.1) is 0 Å². The molecule has 0 saturated heterocycles. The Morgan fingerprint density at radius 3 is 2.29 bits per heavy atom. The number of Topliss-reactive ketones (excluding diaryl/α,β-unsaturated/α-hetero) is 1. The molecule has 0 rings (SSSR count). The molecule has 0 unspecified atom stereocenters. The van der Waals surface area contributed by atoms with Crippen LogP contribution in [0.3, 0.4) is 0 Å². The number of carbonyl (C=O) groups excluding carboxylic acids is 3. The second kappa shape index (κ2) is 5.90. The van der Waals surface area contributed by atoms with E-state index in [4.69, 9.17) is 0 Å². The SMILES string of the molecule is C=C(CC(=O)OC)C(=O)OCC(C)=O. The number of hydrogen-bond acceptors (Lipinski definition) is 5. The van der Waals surface area contributed by atoms with Gasteiger partial charge < -0.3 is 9.47 Å². The molecule has 0 saturated carbocycles. The fraction of sp³-hybridized carbons (Fsp3) is 0.444. The summed E-state index contributed by atoms with van der Waals surface area (Å²) in [6.45, 7) is 4.32. The summed E-state index contributed by atoms with van der Waals surface area (Å²) in [5.74, 6) is -1.61. The Hall–Kier alpha value is -1.65. The predicted molar refractivity (Wildman–Crippen MR) is 47.4 cm³/mol. The van der Waals surface area contributed by atoms with Crippen molar-refractivity contribution in [2.45, 2.75) is 13.3 Å². The Balaban J connectivity index is 3.94. The van der Waals surface area contributed by atoms with Crippen molar-refractivity contribution in [1.82, 2.24) is 0 Å². The molecule has 0 fully saturated rings. The van der Waals surface area contributed by atoms with Crippen molar-refractivity contribution < 1.29 is 23.9 Å². The summed E-state index contributed by atoms with van der Waals surface area (Å²) in [7, 11) is 1.20. The van der Waals surface area contributed by atoms with E-state index in [1.54, 1.807) is 0 Å². The number of ether oxygens (including phenoxy) is 2. The molecule has 0 radical (unpaired) electrons. The van der Waals surface area contributed by atoms with Gasteiger partial charge in [-0.15, -0.1) is 0 Å². The zero-order valence-electron chi connectivity index (χ0n) is 8.16. The van der Waals surface area contributed by atoms with Crippen LogP contribution in [0.15, 0.2) is 12.2 Å². The zero-order valence-corrected chi connectivity index (χ0v) is 8.16. The topological polar surface area (TPSA) is 69.7 Å². The molecule has 0 aromatic rings. The van der Waals surface area contributed by atoms with Gasteiger partial charge in [0.1, 0.15) is 6.61 Å². The van der Waals surface area contributed by atoms with Gasteiger partial charge in [-0.25, -0.2) is 4.79 Å². The monoisotopic (exact) mass is 200 g/mol. The second-order valence-corrected chi connectivity index (χ2v) is 2.63. The highest BCUT2D eigenvalue weighted by Crippen LogP contribution is 2.02. The zero-order chi connectivity index (χ0) is 11.1. The van der Waals surface area contributed by atoms with Gasteiger partial charge >= 0.3 is 11.9 Å². The van der Waals surface area contributed by atoms with Gasteiger partial charge in [-0.05, 0) is 6.92 Å². The molecule has 0 atom stereocenters. The molecule has 14 heavy (non-hydrogen) atoms. The fourth-order valence-electron chi connectivity index (χ4n) is 0.588. The van der Waals surface area contributed by atoms with Crippen LogP contribution in [0.2, 0.25) is 0 Å². The number of carbonyl (C=O) groups is 3. The molecule has 0 aliphatic carbocycles. The highest BCUT2D eigenvalue weighted by Gasteiger charge is 2.13. The Labute approximate surface area is 81.7 Å². The normalized spacial score (nSPS) is 9.00. The van der Waals surface area contributed by atoms with Gasteiger partial charge in [-0.2, -0.15) is 0 Å². The van der Waals surface area contributed by atoms with Crippen molar-refractivity contribution in [2.75, 3.05) is 13.7 Å². The van der Waals surface area contributed by atoms with E-state index in [0.29, 0.717) is 0 Å². The molecule has 0 aliphatic rings. The first-order valence-corrected chi connectivity index (χ1v) is 3.88. The lowest BCUT2D eigenvalue weighted by Gasteiger charge is -2.03. The summed E-state index contributed by atoms with van der Waals surface area (Å²) >= 11 is 0. The molecule has 0 aliphatic heterocycles. The van der Waals surface area contributed by atoms with Gasteiger partial charge in [0, 0.05) is 5.57 Å². The van der Waals surface area contributed by atoms with Crippen molar-refractivity contribution >= 4 is 17.7 Å². The largest absolute Gasteiger partial charge is 0.469 e. The summed E-state index contributed by atoms with van der Waals surface area (Å²) in [5, 5.41) is 0. The van der Waals surface area contributed by atoms with E-state index in [9.17, 15) is 14.4 Å². The van der Waals surface area contributed by atoms with Crippen LogP contribution in [0.1, 0.15) is 13.3 Å². The quantitative estimate of drug-likeness (QED) is 0.469. The number of esters is 2. The highest BCUT2D eigenvalue weighted by molar-refractivity contribution is 5.94. The molecule has 0 heterocycles. The number of rotatable bonds is 5. The molecule has 0 aromatic carbocycles. The minimum absolute atomic E-state index is 0.0295. The average Bonchev–Trinajstić information content (AvgIpc) is 2.13. The Morgan fingerprint density at radius 2 is 1.86 bits per heavy atom. The summed E-state index contributed by atoms with van der Waals surface area (Å²) in [5.41, 5.74) is -0.0295. The van der Waals surface area contributed by atoms with E-state index in [1.807, 2.05) is 0 Å².